The number of sulfonamides is 1. The summed E-state index contributed by atoms with van der Waals surface area (Å²) in [5, 5.41) is 14.0. The van der Waals surface area contributed by atoms with Gasteiger partial charge in [0.25, 0.3) is 0 Å². The number of hydrogen-bond acceptors (Lipinski definition) is 6. The fourth-order valence-electron chi connectivity index (χ4n) is 4.65. The molecule has 1 aliphatic rings. The summed E-state index contributed by atoms with van der Waals surface area (Å²) < 4.78 is 29.0. The summed E-state index contributed by atoms with van der Waals surface area (Å²) in [7, 11) is -3.77. The summed E-state index contributed by atoms with van der Waals surface area (Å²) in [6.07, 6.45) is 3.83. The average Bonchev–Trinajstić information content (AvgIpc) is 2.89. The molecule has 0 spiro atoms. The maximum Gasteiger partial charge on any atom is 0.238 e. The number of hydrogen-bond donors (Lipinski definition) is 3. The number of pyridine rings is 1. The lowest BCUT2D eigenvalue weighted by molar-refractivity contribution is -0.122. The zero-order valence-electron chi connectivity index (χ0n) is 19.8. The first-order chi connectivity index (χ1) is 17.8. The van der Waals surface area contributed by atoms with Crippen molar-refractivity contribution in [3.8, 4) is 5.75 Å². The van der Waals surface area contributed by atoms with Gasteiger partial charge in [-0.2, -0.15) is 0 Å². The van der Waals surface area contributed by atoms with E-state index in [1.165, 1.54) is 12.1 Å². The van der Waals surface area contributed by atoms with Crippen molar-refractivity contribution < 1.29 is 17.9 Å². The van der Waals surface area contributed by atoms with Crippen molar-refractivity contribution in [2.45, 2.75) is 23.3 Å². The molecule has 0 saturated heterocycles. The van der Waals surface area contributed by atoms with Crippen LogP contribution in [0.3, 0.4) is 0 Å². The van der Waals surface area contributed by atoms with Crippen LogP contribution in [0.4, 0.5) is 5.69 Å². The number of anilines is 1. The normalized spacial score (nSPS) is 17.1. The van der Waals surface area contributed by atoms with E-state index in [-0.39, 0.29) is 10.8 Å². The molecule has 1 atom stereocenters. The maximum absolute atomic E-state index is 14.0. The Morgan fingerprint density at radius 3 is 2.65 bits per heavy atom. The molecule has 10 heteroatoms. The molecule has 5 rings (SSSR count). The van der Waals surface area contributed by atoms with Crippen LogP contribution < -0.4 is 20.5 Å². The van der Waals surface area contributed by atoms with Crippen LogP contribution in [0.25, 0.3) is 10.8 Å². The van der Waals surface area contributed by atoms with Gasteiger partial charge >= 0.3 is 0 Å². The fourth-order valence-corrected chi connectivity index (χ4v) is 5.33. The highest BCUT2D eigenvalue weighted by Gasteiger charge is 2.44. The highest BCUT2D eigenvalue weighted by Crippen LogP contribution is 2.41. The first kappa shape index (κ1) is 25.2. The van der Waals surface area contributed by atoms with E-state index in [0.717, 1.165) is 16.3 Å². The minimum atomic E-state index is -3.77. The van der Waals surface area contributed by atoms with Gasteiger partial charge in [0.2, 0.25) is 15.9 Å². The summed E-state index contributed by atoms with van der Waals surface area (Å²) >= 11 is 6.35. The second-order valence-electron chi connectivity index (χ2n) is 8.98. The van der Waals surface area contributed by atoms with E-state index >= 15 is 0 Å². The molecule has 1 unspecified atom stereocenters. The summed E-state index contributed by atoms with van der Waals surface area (Å²) in [5.74, 6) is 0.413. The molecule has 3 aromatic carbocycles. The number of primary sulfonamides is 1. The Labute approximate surface area is 219 Å². The Balaban J connectivity index is 1.45. The quantitative estimate of drug-likeness (QED) is 0.328. The molecule has 37 heavy (non-hydrogen) atoms. The standard InChI is InChI=1S/C27H25ClN4O4S/c28-20-7-10-25-23(13-20)27(11-12-36-25,17-31-14-18-5-8-21(9-6-18)37(29,34)35)26(33)32-24-16-30-15-19-3-1-2-4-22(19)24/h1-10,13,15-16,31H,11-12,14,17H2,(H,32,33)(H2,29,34,35). The third kappa shape index (κ3) is 5.17. The number of nitrogens with one attached hydrogen (secondary N) is 2. The summed E-state index contributed by atoms with van der Waals surface area (Å²) in [4.78, 5) is 18.4. The molecule has 2 heterocycles. The van der Waals surface area contributed by atoms with Crippen LogP contribution in [0.15, 0.2) is 84.0 Å². The number of carbonyl (C=O) groups excluding carboxylic acids is 1. The second-order valence-corrected chi connectivity index (χ2v) is 11.0. The topological polar surface area (TPSA) is 123 Å². The zero-order valence-corrected chi connectivity index (χ0v) is 21.4. The van der Waals surface area contributed by atoms with Gasteiger partial charge in [0, 0.05) is 47.1 Å². The molecule has 4 N–H and O–H groups in total. The van der Waals surface area contributed by atoms with Gasteiger partial charge in [-0.05, 0) is 35.9 Å². The van der Waals surface area contributed by atoms with E-state index in [1.54, 1.807) is 42.7 Å². The number of carbonyl (C=O) groups is 1. The molecule has 1 amide bonds. The number of halogens is 1. The van der Waals surface area contributed by atoms with Crippen molar-refractivity contribution in [1.29, 1.82) is 0 Å². The number of nitrogens with zero attached hydrogens (tertiary/aromatic N) is 1. The third-order valence-electron chi connectivity index (χ3n) is 6.60. The third-order valence-corrected chi connectivity index (χ3v) is 7.77. The van der Waals surface area contributed by atoms with Crippen molar-refractivity contribution in [2.75, 3.05) is 18.5 Å². The highest BCUT2D eigenvalue weighted by atomic mass is 35.5. The fraction of sp³-hybridized carbons (Fsp3) is 0.185. The van der Waals surface area contributed by atoms with Crippen molar-refractivity contribution in [2.24, 2.45) is 5.14 Å². The smallest absolute Gasteiger partial charge is 0.238 e. The Hall–Kier alpha value is -3.50. The molecule has 1 aliphatic heterocycles. The van der Waals surface area contributed by atoms with Crippen LogP contribution in [0.2, 0.25) is 5.02 Å². The number of nitrogens with two attached hydrogens (primary N) is 1. The number of amides is 1. The largest absolute Gasteiger partial charge is 0.493 e. The maximum atomic E-state index is 14.0. The first-order valence-corrected chi connectivity index (χ1v) is 13.6. The minimum absolute atomic E-state index is 0.0452. The summed E-state index contributed by atoms with van der Waals surface area (Å²) in [5.41, 5.74) is 1.19. The van der Waals surface area contributed by atoms with Gasteiger partial charge in [0.15, 0.2) is 0 Å². The molecule has 0 fully saturated rings. The number of fused-ring (bicyclic) bond motifs is 2. The monoisotopic (exact) mass is 536 g/mol. The van der Waals surface area contributed by atoms with Gasteiger partial charge in [-0.15, -0.1) is 0 Å². The molecule has 0 radical (unpaired) electrons. The van der Waals surface area contributed by atoms with E-state index < -0.39 is 15.4 Å². The molecule has 0 bridgehead atoms. The molecule has 190 valence electrons. The summed E-state index contributed by atoms with van der Waals surface area (Å²) in [6.45, 7) is 1.07. The Kier molecular flexibility index (Phi) is 6.87. The molecule has 0 saturated carbocycles. The molecule has 4 aromatic rings. The number of aromatic nitrogens is 1. The van der Waals surface area contributed by atoms with Crippen molar-refractivity contribution in [1.82, 2.24) is 10.3 Å². The predicted molar refractivity (Wildman–Crippen MR) is 143 cm³/mol. The molecular formula is C27H25ClN4O4S. The number of ether oxygens (including phenoxy) is 1. The van der Waals surface area contributed by atoms with Crippen molar-refractivity contribution in [3.63, 3.8) is 0 Å². The van der Waals surface area contributed by atoms with E-state index in [0.29, 0.717) is 48.1 Å². The Morgan fingerprint density at radius 1 is 1.08 bits per heavy atom. The van der Waals surface area contributed by atoms with E-state index in [1.807, 2.05) is 24.3 Å². The number of rotatable bonds is 7. The van der Waals surface area contributed by atoms with Crippen LogP contribution >= 0.6 is 11.6 Å². The van der Waals surface area contributed by atoms with Crippen LogP contribution in [0.1, 0.15) is 17.5 Å². The van der Waals surface area contributed by atoms with Crippen LogP contribution in [0.5, 0.6) is 5.75 Å². The predicted octanol–water partition coefficient (Wildman–Crippen LogP) is 3.98. The summed E-state index contributed by atoms with van der Waals surface area (Å²) in [6, 6.07) is 19.3. The number of benzene rings is 3. The van der Waals surface area contributed by atoms with Crippen LogP contribution in [0, 0.1) is 0 Å². The van der Waals surface area contributed by atoms with Gasteiger partial charge in [0.1, 0.15) is 5.75 Å². The van der Waals surface area contributed by atoms with Crippen molar-refractivity contribution >= 4 is 44.0 Å². The van der Waals surface area contributed by atoms with Gasteiger partial charge in [-0.3, -0.25) is 9.78 Å². The molecule has 8 nitrogen and oxygen atoms in total. The molecule has 1 aromatic heterocycles. The SMILES string of the molecule is NS(=O)(=O)c1ccc(CNCC2(C(=O)Nc3cncc4ccccc34)CCOc3ccc(Cl)cc32)cc1. The van der Waals surface area contributed by atoms with Crippen LogP contribution in [-0.4, -0.2) is 32.5 Å². The van der Waals surface area contributed by atoms with E-state index in [4.69, 9.17) is 21.5 Å². The van der Waals surface area contributed by atoms with Crippen LogP contribution in [-0.2, 0) is 26.8 Å². The highest BCUT2D eigenvalue weighted by molar-refractivity contribution is 7.89. The van der Waals surface area contributed by atoms with Gasteiger partial charge < -0.3 is 15.4 Å². The minimum Gasteiger partial charge on any atom is -0.493 e. The zero-order chi connectivity index (χ0) is 26.0. The lowest BCUT2D eigenvalue weighted by Crippen LogP contribution is -2.50. The lowest BCUT2D eigenvalue weighted by Gasteiger charge is -2.38. The Bertz CT molecular complexity index is 1570. The van der Waals surface area contributed by atoms with E-state index in [2.05, 4.69) is 15.6 Å². The average molecular weight is 537 g/mol. The second kappa shape index (κ2) is 10.1. The van der Waals surface area contributed by atoms with Crippen molar-refractivity contribution in [3.05, 3.63) is 95.3 Å². The van der Waals surface area contributed by atoms with Gasteiger partial charge in [-0.25, -0.2) is 13.6 Å². The lowest BCUT2D eigenvalue weighted by atomic mass is 9.74. The van der Waals surface area contributed by atoms with Gasteiger partial charge in [-0.1, -0.05) is 48.0 Å². The first-order valence-electron chi connectivity index (χ1n) is 11.7. The molecule has 0 aliphatic carbocycles. The Morgan fingerprint density at radius 2 is 1.86 bits per heavy atom. The molecular weight excluding hydrogens is 512 g/mol. The van der Waals surface area contributed by atoms with E-state index in [9.17, 15) is 13.2 Å². The van der Waals surface area contributed by atoms with Gasteiger partial charge in [0.05, 0.1) is 28.8 Å².